The van der Waals surface area contributed by atoms with E-state index in [9.17, 15) is 5.11 Å². The number of phenols is 1. The van der Waals surface area contributed by atoms with E-state index >= 15 is 0 Å². The van der Waals surface area contributed by atoms with E-state index in [-0.39, 0.29) is 0 Å². The highest BCUT2D eigenvalue weighted by atomic mass is 16.3. The summed E-state index contributed by atoms with van der Waals surface area (Å²) < 4.78 is 0. The number of hydrogen-bond donors (Lipinski definition) is 1. The molecule has 0 spiro atoms. The molecule has 0 saturated carbocycles. The zero-order valence-electron chi connectivity index (χ0n) is 12.8. The summed E-state index contributed by atoms with van der Waals surface area (Å²) in [7, 11) is 0. The molecule has 1 heterocycles. The molecule has 2 heteroatoms. The summed E-state index contributed by atoms with van der Waals surface area (Å²) in [4.78, 5) is 2.56. The molecule has 0 bridgehead atoms. The zero-order chi connectivity index (χ0) is 14.8. The van der Waals surface area contributed by atoms with Crippen molar-refractivity contribution in [2.75, 3.05) is 6.54 Å². The number of likely N-dealkylation sites (tertiary alicyclic amines) is 1. The van der Waals surface area contributed by atoms with Gasteiger partial charge in [-0.25, -0.2) is 0 Å². The Morgan fingerprint density at radius 3 is 2.43 bits per heavy atom. The maximum atomic E-state index is 9.91. The van der Waals surface area contributed by atoms with Crippen LogP contribution in [0.1, 0.15) is 41.1 Å². The van der Waals surface area contributed by atoms with Crippen LogP contribution in [0.25, 0.3) is 0 Å². The Balaban J connectivity index is 1.81. The monoisotopic (exact) mass is 281 g/mol. The lowest BCUT2D eigenvalue weighted by Gasteiger charge is -2.25. The van der Waals surface area contributed by atoms with Gasteiger partial charge >= 0.3 is 0 Å². The Hall–Kier alpha value is -1.80. The normalized spacial score (nSPS) is 19.0. The second kappa shape index (κ2) is 5.90. The lowest BCUT2D eigenvalue weighted by atomic mass is 10.0. The summed E-state index contributed by atoms with van der Waals surface area (Å²) in [6, 6.07) is 15.6. The van der Waals surface area contributed by atoms with E-state index in [1.54, 1.807) is 0 Å². The van der Waals surface area contributed by atoms with Gasteiger partial charge in [0.2, 0.25) is 0 Å². The first-order valence-electron chi connectivity index (χ1n) is 7.73. The summed E-state index contributed by atoms with van der Waals surface area (Å²) in [6.45, 7) is 6.06. The second-order valence-electron chi connectivity index (χ2n) is 6.12. The average Bonchev–Trinajstić information content (AvgIpc) is 2.94. The van der Waals surface area contributed by atoms with E-state index in [1.807, 2.05) is 13.8 Å². The van der Waals surface area contributed by atoms with Gasteiger partial charge in [0.1, 0.15) is 5.75 Å². The van der Waals surface area contributed by atoms with Crippen LogP contribution in [-0.4, -0.2) is 16.6 Å². The van der Waals surface area contributed by atoms with Crippen molar-refractivity contribution in [3.8, 4) is 5.75 Å². The third-order valence-corrected chi connectivity index (χ3v) is 4.48. The molecular weight excluding hydrogens is 258 g/mol. The number of benzene rings is 2. The number of aryl methyl sites for hydroxylation is 2. The number of rotatable bonds is 3. The minimum atomic E-state index is 0.430. The lowest BCUT2D eigenvalue weighted by Crippen LogP contribution is -2.22. The summed E-state index contributed by atoms with van der Waals surface area (Å²) in [6.07, 6.45) is 2.50. The molecule has 3 rings (SSSR count). The summed E-state index contributed by atoms with van der Waals surface area (Å²) >= 11 is 0. The lowest BCUT2D eigenvalue weighted by molar-refractivity contribution is 0.248. The zero-order valence-corrected chi connectivity index (χ0v) is 12.8. The molecule has 0 aliphatic carbocycles. The van der Waals surface area contributed by atoms with Crippen molar-refractivity contribution in [3.63, 3.8) is 0 Å². The second-order valence-corrected chi connectivity index (χ2v) is 6.12. The predicted molar refractivity (Wildman–Crippen MR) is 86.4 cm³/mol. The first-order chi connectivity index (χ1) is 10.1. The summed E-state index contributed by atoms with van der Waals surface area (Å²) in [5.74, 6) is 0.430. The highest BCUT2D eigenvalue weighted by molar-refractivity contribution is 5.42. The molecule has 0 aromatic heterocycles. The Kier molecular flexibility index (Phi) is 3.98. The molecule has 1 aliphatic heterocycles. The van der Waals surface area contributed by atoms with Gasteiger partial charge < -0.3 is 5.11 Å². The van der Waals surface area contributed by atoms with Gasteiger partial charge in [-0.1, -0.05) is 42.5 Å². The van der Waals surface area contributed by atoms with Gasteiger partial charge in [0.15, 0.2) is 0 Å². The molecule has 1 N–H and O–H groups in total. The molecule has 0 radical (unpaired) electrons. The molecule has 110 valence electrons. The molecule has 0 amide bonds. The average molecular weight is 281 g/mol. The highest BCUT2D eigenvalue weighted by Crippen LogP contribution is 2.33. The number of phenolic OH excluding ortho intramolecular Hbond substituents is 1. The summed E-state index contributed by atoms with van der Waals surface area (Å²) in [5.41, 5.74) is 4.66. The van der Waals surface area contributed by atoms with Crippen LogP contribution in [0.15, 0.2) is 42.5 Å². The molecule has 1 aliphatic rings. The van der Waals surface area contributed by atoms with E-state index in [2.05, 4.69) is 47.4 Å². The Morgan fingerprint density at radius 1 is 1.10 bits per heavy atom. The first kappa shape index (κ1) is 14.2. The van der Waals surface area contributed by atoms with E-state index in [0.717, 1.165) is 24.2 Å². The van der Waals surface area contributed by atoms with Crippen molar-refractivity contribution < 1.29 is 5.11 Å². The van der Waals surface area contributed by atoms with Crippen LogP contribution in [0.2, 0.25) is 0 Å². The van der Waals surface area contributed by atoms with Crippen molar-refractivity contribution in [1.82, 2.24) is 4.90 Å². The van der Waals surface area contributed by atoms with Crippen LogP contribution in [0.3, 0.4) is 0 Å². The van der Waals surface area contributed by atoms with Crippen LogP contribution in [-0.2, 0) is 6.54 Å². The molecule has 2 aromatic rings. The molecule has 21 heavy (non-hydrogen) atoms. The largest absolute Gasteiger partial charge is 0.507 e. The van der Waals surface area contributed by atoms with Gasteiger partial charge in [-0.3, -0.25) is 4.90 Å². The van der Waals surface area contributed by atoms with Gasteiger partial charge in [-0.05, 0) is 55.5 Å². The number of hydrogen-bond acceptors (Lipinski definition) is 2. The third kappa shape index (κ3) is 2.96. The molecule has 1 saturated heterocycles. The van der Waals surface area contributed by atoms with E-state index < -0.39 is 0 Å². The fourth-order valence-electron chi connectivity index (χ4n) is 3.44. The minimum absolute atomic E-state index is 0.430. The van der Waals surface area contributed by atoms with E-state index in [0.29, 0.717) is 11.8 Å². The van der Waals surface area contributed by atoms with Crippen LogP contribution < -0.4 is 0 Å². The van der Waals surface area contributed by atoms with E-state index in [4.69, 9.17) is 0 Å². The SMILES string of the molecule is Cc1cc(CN2CCCC2c2ccccc2)cc(C)c1O. The topological polar surface area (TPSA) is 23.5 Å². The van der Waals surface area contributed by atoms with Crippen molar-refractivity contribution in [1.29, 1.82) is 0 Å². The Labute approximate surface area is 127 Å². The van der Waals surface area contributed by atoms with E-state index in [1.165, 1.54) is 24.0 Å². The van der Waals surface area contributed by atoms with Crippen LogP contribution in [0, 0.1) is 13.8 Å². The van der Waals surface area contributed by atoms with Crippen molar-refractivity contribution in [2.45, 2.75) is 39.3 Å². The van der Waals surface area contributed by atoms with Crippen molar-refractivity contribution in [2.24, 2.45) is 0 Å². The molecule has 2 nitrogen and oxygen atoms in total. The van der Waals surface area contributed by atoms with Crippen LogP contribution in [0.4, 0.5) is 0 Å². The fraction of sp³-hybridized carbons (Fsp3) is 0.368. The van der Waals surface area contributed by atoms with Gasteiger partial charge in [-0.15, -0.1) is 0 Å². The van der Waals surface area contributed by atoms with Crippen LogP contribution in [0.5, 0.6) is 5.75 Å². The first-order valence-corrected chi connectivity index (χ1v) is 7.73. The molecular formula is C19H23NO. The maximum Gasteiger partial charge on any atom is 0.121 e. The van der Waals surface area contributed by atoms with Gasteiger partial charge in [0.25, 0.3) is 0 Å². The fourth-order valence-corrected chi connectivity index (χ4v) is 3.44. The number of aromatic hydroxyl groups is 1. The van der Waals surface area contributed by atoms with Crippen molar-refractivity contribution >= 4 is 0 Å². The molecule has 2 aromatic carbocycles. The van der Waals surface area contributed by atoms with Gasteiger partial charge in [0.05, 0.1) is 0 Å². The Morgan fingerprint density at radius 2 is 1.76 bits per heavy atom. The smallest absolute Gasteiger partial charge is 0.121 e. The predicted octanol–water partition coefficient (Wildman–Crippen LogP) is 4.35. The third-order valence-electron chi connectivity index (χ3n) is 4.48. The number of nitrogens with zero attached hydrogens (tertiary/aromatic N) is 1. The summed E-state index contributed by atoms with van der Waals surface area (Å²) in [5, 5.41) is 9.91. The van der Waals surface area contributed by atoms with Gasteiger partial charge in [0, 0.05) is 12.6 Å². The highest BCUT2D eigenvalue weighted by Gasteiger charge is 2.25. The Bertz CT molecular complexity index is 598. The van der Waals surface area contributed by atoms with Crippen LogP contribution >= 0.6 is 0 Å². The maximum absolute atomic E-state index is 9.91. The molecule has 1 unspecified atom stereocenters. The molecule has 1 fully saturated rings. The van der Waals surface area contributed by atoms with Gasteiger partial charge in [-0.2, -0.15) is 0 Å². The van der Waals surface area contributed by atoms with Crippen molar-refractivity contribution in [3.05, 3.63) is 64.7 Å². The standard InChI is InChI=1S/C19H23NO/c1-14-11-16(12-15(2)19(14)21)13-20-10-6-9-18(20)17-7-4-3-5-8-17/h3-5,7-8,11-12,18,21H,6,9-10,13H2,1-2H3. The quantitative estimate of drug-likeness (QED) is 0.904. The minimum Gasteiger partial charge on any atom is -0.507 e. The molecule has 1 atom stereocenters.